The van der Waals surface area contributed by atoms with E-state index in [1.54, 1.807) is 17.0 Å². The number of anilines is 2. The second kappa shape index (κ2) is 12.0. The number of aryl methyl sites for hydroxylation is 2. The topological polar surface area (TPSA) is 61.4 Å². The maximum absolute atomic E-state index is 13.8. The summed E-state index contributed by atoms with van der Waals surface area (Å²) >= 11 is 0. The molecule has 2 amide bonds. The van der Waals surface area contributed by atoms with E-state index >= 15 is 0 Å². The maximum atomic E-state index is 13.8. The van der Waals surface area contributed by atoms with Crippen LogP contribution in [0.3, 0.4) is 0 Å². The van der Waals surface area contributed by atoms with Crippen LogP contribution < -0.4 is 10.6 Å². The second-order valence-electron chi connectivity index (χ2n) is 11.3. The van der Waals surface area contributed by atoms with Crippen LogP contribution in [-0.4, -0.2) is 29.3 Å². The zero-order valence-corrected chi connectivity index (χ0v) is 23.4. The number of nitrogens with zero attached hydrogens (tertiary/aromatic N) is 1. The largest absolute Gasteiger partial charge is 0.416 e. The minimum Gasteiger partial charge on any atom is -0.382 e. The van der Waals surface area contributed by atoms with Crippen LogP contribution in [0.15, 0.2) is 66.7 Å². The molecule has 3 aromatic carbocycles. The van der Waals surface area contributed by atoms with Crippen LogP contribution in [-0.2, 0) is 11.0 Å². The van der Waals surface area contributed by atoms with Gasteiger partial charge in [-0.25, -0.2) is 0 Å². The van der Waals surface area contributed by atoms with Gasteiger partial charge in [0, 0.05) is 29.5 Å². The third-order valence-corrected chi connectivity index (χ3v) is 8.32. The highest BCUT2D eigenvalue weighted by atomic mass is 19.4. The van der Waals surface area contributed by atoms with Gasteiger partial charge in [-0.1, -0.05) is 48.7 Å². The van der Waals surface area contributed by atoms with Crippen LogP contribution in [0.25, 0.3) is 0 Å². The van der Waals surface area contributed by atoms with Gasteiger partial charge < -0.3 is 15.5 Å². The van der Waals surface area contributed by atoms with Gasteiger partial charge in [-0.15, -0.1) is 0 Å². The molecule has 5 nitrogen and oxygen atoms in total. The quantitative estimate of drug-likeness (QED) is 0.320. The first-order chi connectivity index (χ1) is 19.6. The molecule has 1 heterocycles. The van der Waals surface area contributed by atoms with Crippen molar-refractivity contribution in [2.75, 3.05) is 17.2 Å². The summed E-state index contributed by atoms with van der Waals surface area (Å²) in [7, 11) is 0. The molecule has 1 saturated heterocycles. The molecule has 2 fully saturated rings. The lowest BCUT2D eigenvalue weighted by molar-refractivity contribution is -0.138. The summed E-state index contributed by atoms with van der Waals surface area (Å²) in [5.41, 5.74) is 2.79. The molecule has 2 N–H and O–H groups in total. The van der Waals surface area contributed by atoms with Crippen molar-refractivity contribution >= 4 is 23.2 Å². The predicted molar refractivity (Wildman–Crippen MR) is 155 cm³/mol. The number of benzene rings is 3. The van der Waals surface area contributed by atoms with Crippen LogP contribution in [0.5, 0.6) is 0 Å². The molecule has 0 radical (unpaired) electrons. The fourth-order valence-electron chi connectivity index (χ4n) is 6.09. The first-order valence-electron chi connectivity index (χ1n) is 14.3. The molecule has 5 rings (SSSR count). The summed E-state index contributed by atoms with van der Waals surface area (Å²) in [6.45, 7) is 3.83. The Kier molecular flexibility index (Phi) is 8.38. The lowest BCUT2D eigenvalue weighted by Gasteiger charge is -2.41. The average Bonchev–Trinajstić information content (AvgIpc) is 3.46. The number of hydrogen-bond acceptors (Lipinski definition) is 3. The number of piperidine rings is 1. The smallest absolute Gasteiger partial charge is 0.382 e. The van der Waals surface area contributed by atoms with E-state index in [0.717, 1.165) is 35.7 Å². The highest BCUT2D eigenvalue weighted by Crippen LogP contribution is 2.39. The molecule has 3 aromatic rings. The fraction of sp³-hybridized carbons (Fsp3) is 0.394. The van der Waals surface area contributed by atoms with Gasteiger partial charge in [0.15, 0.2) is 0 Å². The van der Waals surface area contributed by atoms with Gasteiger partial charge in [-0.2, -0.15) is 13.2 Å². The summed E-state index contributed by atoms with van der Waals surface area (Å²) in [5.74, 6) is -1.21. The Labute approximate surface area is 239 Å². The molecule has 1 aliphatic heterocycles. The first kappa shape index (κ1) is 28.7. The lowest BCUT2D eigenvalue weighted by atomic mass is 9.83. The van der Waals surface area contributed by atoms with Crippen molar-refractivity contribution in [1.29, 1.82) is 0 Å². The molecule has 2 atom stereocenters. The van der Waals surface area contributed by atoms with E-state index in [1.165, 1.54) is 31.9 Å². The Balaban J connectivity index is 1.45. The summed E-state index contributed by atoms with van der Waals surface area (Å²) in [6, 6.07) is 18.9. The average molecular weight is 564 g/mol. The monoisotopic (exact) mass is 563 g/mol. The normalized spacial score (nSPS) is 19.7. The van der Waals surface area contributed by atoms with E-state index in [2.05, 4.69) is 10.6 Å². The standard InChI is InChI=1S/C33H36F3N3O2/c1-21-9-12-24(13-10-21)32(41)39-19-5-8-28(31(40)38-27-16-11-22(2)29(20-27)33(34,35)36)30(39)23-14-17-26(18-15-23)37-25-6-3-4-7-25/h9-18,20,25,28,30,37H,3-8,19H2,1-2H3,(H,38,40)/t28-,30-/m0/s1. The number of likely N-dealkylation sites (tertiary alicyclic amines) is 1. The summed E-state index contributed by atoms with van der Waals surface area (Å²) in [4.78, 5) is 29.2. The van der Waals surface area contributed by atoms with E-state index in [9.17, 15) is 22.8 Å². The lowest BCUT2D eigenvalue weighted by Crippen LogP contribution is -2.46. The predicted octanol–water partition coefficient (Wildman–Crippen LogP) is 7.91. The van der Waals surface area contributed by atoms with Gasteiger partial charge in [0.2, 0.25) is 5.91 Å². The number of nitrogens with one attached hydrogen (secondary N) is 2. The van der Waals surface area contributed by atoms with Gasteiger partial charge >= 0.3 is 6.18 Å². The fourth-order valence-corrected chi connectivity index (χ4v) is 6.09. The molecular weight excluding hydrogens is 527 g/mol. The van der Waals surface area contributed by atoms with E-state index in [0.29, 0.717) is 31.0 Å². The van der Waals surface area contributed by atoms with E-state index in [4.69, 9.17) is 0 Å². The summed E-state index contributed by atoms with van der Waals surface area (Å²) < 4.78 is 40.6. The Bertz CT molecular complexity index is 1380. The van der Waals surface area contributed by atoms with Crippen molar-refractivity contribution in [2.24, 2.45) is 5.92 Å². The second-order valence-corrected chi connectivity index (χ2v) is 11.3. The number of amides is 2. The molecule has 0 spiro atoms. The van der Waals surface area contributed by atoms with Crippen molar-refractivity contribution in [3.05, 3.63) is 94.5 Å². The number of hydrogen-bond donors (Lipinski definition) is 2. The minimum atomic E-state index is -4.52. The molecule has 0 aromatic heterocycles. The van der Waals surface area contributed by atoms with Gasteiger partial charge in [-0.3, -0.25) is 9.59 Å². The van der Waals surface area contributed by atoms with Crippen molar-refractivity contribution < 1.29 is 22.8 Å². The molecule has 41 heavy (non-hydrogen) atoms. The van der Waals surface area contributed by atoms with E-state index in [-0.39, 0.29) is 17.2 Å². The third-order valence-electron chi connectivity index (χ3n) is 8.32. The van der Waals surface area contributed by atoms with Crippen molar-refractivity contribution in [1.82, 2.24) is 4.90 Å². The third kappa shape index (κ3) is 6.58. The van der Waals surface area contributed by atoms with E-state index < -0.39 is 29.6 Å². The zero-order valence-electron chi connectivity index (χ0n) is 23.4. The number of carbonyl (C=O) groups is 2. The number of rotatable bonds is 6. The molecule has 2 aliphatic rings. The Morgan fingerprint density at radius 1 is 0.829 bits per heavy atom. The Morgan fingerprint density at radius 2 is 1.49 bits per heavy atom. The molecule has 1 saturated carbocycles. The minimum absolute atomic E-state index is 0.0878. The van der Waals surface area contributed by atoms with E-state index in [1.807, 2.05) is 43.3 Å². The van der Waals surface area contributed by atoms with Crippen LogP contribution in [0.4, 0.5) is 24.5 Å². The summed E-state index contributed by atoms with van der Waals surface area (Å²) in [6.07, 6.45) is 1.31. The molecule has 0 bridgehead atoms. The van der Waals surface area contributed by atoms with Gasteiger partial charge in [0.05, 0.1) is 17.5 Å². The number of halogens is 3. The highest BCUT2D eigenvalue weighted by molar-refractivity contribution is 5.97. The van der Waals surface area contributed by atoms with Crippen molar-refractivity contribution in [3.63, 3.8) is 0 Å². The first-order valence-corrected chi connectivity index (χ1v) is 14.3. The summed E-state index contributed by atoms with van der Waals surface area (Å²) in [5, 5.41) is 6.30. The van der Waals surface area contributed by atoms with Crippen LogP contribution in [0.1, 0.15) is 77.2 Å². The molecule has 216 valence electrons. The van der Waals surface area contributed by atoms with Crippen molar-refractivity contribution in [2.45, 2.75) is 70.6 Å². The number of alkyl halides is 3. The van der Waals surface area contributed by atoms with Gasteiger partial charge in [0.25, 0.3) is 5.91 Å². The molecule has 1 aliphatic carbocycles. The number of carbonyl (C=O) groups excluding carboxylic acids is 2. The van der Waals surface area contributed by atoms with Crippen LogP contribution in [0.2, 0.25) is 0 Å². The molecule has 0 unspecified atom stereocenters. The van der Waals surface area contributed by atoms with Crippen molar-refractivity contribution in [3.8, 4) is 0 Å². The highest BCUT2D eigenvalue weighted by Gasteiger charge is 2.40. The zero-order chi connectivity index (χ0) is 29.1. The molecule has 8 heteroatoms. The van der Waals surface area contributed by atoms with Gasteiger partial charge in [0.1, 0.15) is 0 Å². The maximum Gasteiger partial charge on any atom is 0.416 e. The Morgan fingerprint density at radius 3 is 2.15 bits per heavy atom. The SMILES string of the molecule is Cc1ccc(C(=O)N2CCC[C@H](C(=O)Nc3ccc(C)c(C(F)(F)F)c3)[C@@H]2c2ccc(NC3CCCC3)cc2)cc1. The molecular formula is C33H36F3N3O2. The van der Waals surface area contributed by atoms with Gasteiger partial charge in [-0.05, 0) is 87.1 Å². The Hall–Kier alpha value is -3.81. The van der Waals surface area contributed by atoms with Crippen LogP contribution in [0, 0.1) is 19.8 Å². The van der Waals surface area contributed by atoms with Crippen LogP contribution >= 0.6 is 0 Å².